The summed E-state index contributed by atoms with van der Waals surface area (Å²) in [7, 11) is 1.78. The Kier molecular flexibility index (Phi) is 7.14. The molecule has 1 saturated heterocycles. The molecule has 0 unspecified atom stereocenters. The van der Waals surface area contributed by atoms with Crippen LogP contribution in [0, 0.1) is 0 Å². The zero-order chi connectivity index (χ0) is 18.2. The molecule has 2 aromatic carbocycles. The lowest BCUT2D eigenvalue weighted by atomic mass is 10.2. The molecule has 2 aromatic rings. The van der Waals surface area contributed by atoms with Crippen molar-refractivity contribution in [2.45, 2.75) is 11.0 Å². The van der Waals surface area contributed by atoms with Crippen molar-refractivity contribution < 1.29 is 9.53 Å². The number of thioether (sulfide) groups is 2. The number of hydrogen-bond donors (Lipinski definition) is 1. The predicted molar refractivity (Wildman–Crippen MR) is 112 cm³/mol. The van der Waals surface area contributed by atoms with Crippen LogP contribution in [-0.2, 0) is 0 Å². The van der Waals surface area contributed by atoms with E-state index in [1.54, 1.807) is 11.9 Å². The van der Waals surface area contributed by atoms with E-state index in [1.807, 2.05) is 66.0 Å². The number of para-hydroxylation sites is 1. The highest BCUT2D eigenvalue weighted by Crippen LogP contribution is 2.44. The molecule has 3 rings (SSSR count). The summed E-state index contributed by atoms with van der Waals surface area (Å²) in [5.41, 5.74) is 2.11. The van der Waals surface area contributed by atoms with Crippen LogP contribution >= 0.6 is 23.5 Å². The minimum absolute atomic E-state index is 0.122. The molecular weight excluding hydrogens is 364 g/mol. The largest absolute Gasteiger partial charge is 0.492 e. The van der Waals surface area contributed by atoms with Crippen LogP contribution in [0.15, 0.2) is 54.6 Å². The van der Waals surface area contributed by atoms with Gasteiger partial charge in [-0.05, 0) is 47.8 Å². The maximum absolute atomic E-state index is 12.4. The van der Waals surface area contributed by atoms with Crippen molar-refractivity contribution >= 4 is 35.2 Å². The minimum Gasteiger partial charge on any atom is -0.492 e. The third-order valence-corrected chi connectivity index (χ3v) is 7.04. The third kappa shape index (κ3) is 5.61. The van der Waals surface area contributed by atoms with Gasteiger partial charge in [0.1, 0.15) is 12.4 Å². The Morgan fingerprint density at radius 2 is 1.92 bits per heavy atom. The summed E-state index contributed by atoms with van der Waals surface area (Å²) in [6.45, 7) is 0.984. The first-order valence-corrected chi connectivity index (χ1v) is 10.9. The molecule has 0 radical (unpaired) electrons. The summed E-state index contributed by atoms with van der Waals surface area (Å²) >= 11 is 3.97. The lowest BCUT2D eigenvalue weighted by Gasteiger charge is -2.22. The zero-order valence-electron chi connectivity index (χ0n) is 14.9. The Hall–Kier alpha value is -1.79. The first kappa shape index (κ1) is 19.0. The average molecular weight is 389 g/mol. The van der Waals surface area contributed by atoms with Crippen molar-refractivity contribution in [2.75, 3.05) is 37.0 Å². The van der Waals surface area contributed by atoms with Crippen LogP contribution in [0.4, 0.5) is 10.5 Å². The Bertz CT molecular complexity index is 706. The van der Waals surface area contributed by atoms with Gasteiger partial charge in [-0.3, -0.25) is 0 Å². The summed E-state index contributed by atoms with van der Waals surface area (Å²) in [5.74, 6) is 3.23. The molecule has 0 atom stereocenters. The Labute approximate surface area is 163 Å². The Balaban J connectivity index is 1.49. The molecule has 0 aromatic heterocycles. The Morgan fingerprint density at radius 1 is 1.15 bits per heavy atom. The van der Waals surface area contributed by atoms with Crippen molar-refractivity contribution in [1.82, 2.24) is 4.90 Å². The van der Waals surface area contributed by atoms with E-state index in [1.165, 1.54) is 23.5 Å². The second-order valence-electron chi connectivity index (χ2n) is 6.07. The smallest absolute Gasteiger partial charge is 0.321 e. The molecule has 1 heterocycles. The normalized spacial score (nSPS) is 14.7. The summed E-state index contributed by atoms with van der Waals surface area (Å²) in [6.07, 6.45) is 1.28. The van der Waals surface area contributed by atoms with Gasteiger partial charge in [-0.25, -0.2) is 4.79 Å². The fraction of sp³-hybridized carbons (Fsp3) is 0.350. The summed E-state index contributed by atoms with van der Waals surface area (Å²) < 4.78 is 6.12. The number of nitrogens with zero attached hydrogens (tertiary/aromatic N) is 1. The van der Waals surface area contributed by atoms with Crippen molar-refractivity contribution in [3.63, 3.8) is 0 Å². The number of anilines is 1. The zero-order valence-corrected chi connectivity index (χ0v) is 16.5. The monoisotopic (exact) mass is 388 g/mol. The quantitative estimate of drug-likeness (QED) is 0.748. The number of benzene rings is 2. The van der Waals surface area contributed by atoms with E-state index in [9.17, 15) is 4.79 Å². The molecule has 6 heteroatoms. The highest BCUT2D eigenvalue weighted by Gasteiger charge is 2.17. The number of likely N-dealkylation sites (N-methyl/N-ethyl adjacent to an activating group) is 1. The highest BCUT2D eigenvalue weighted by atomic mass is 32.2. The van der Waals surface area contributed by atoms with Crippen molar-refractivity contribution in [3.8, 4) is 5.75 Å². The van der Waals surface area contributed by atoms with Gasteiger partial charge in [-0.15, -0.1) is 23.5 Å². The summed E-state index contributed by atoms with van der Waals surface area (Å²) in [6, 6.07) is 17.7. The van der Waals surface area contributed by atoms with Crippen molar-refractivity contribution in [1.29, 1.82) is 0 Å². The van der Waals surface area contributed by atoms with Crippen molar-refractivity contribution in [3.05, 3.63) is 60.2 Å². The van der Waals surface area contributed by atoms with Crippen LogP contribution < -0.4 is 10.1 Å². The lowest BCUT2D eigenvalue weighted by Crippen LogP contribution is -2.34. The van der Waals surface area contributed by atoms with Gasteiger partial charge < -0.3 is 15.0 Å². The SMILES string of the molecule is CN(CCOc1ccccc1)C(=O)Nc1cccc(C2SCCCS2)c1. The molecule has 1 aliphatic rings. The number of carbonyl (C=O) groups excluding carboxylic acids is 1. The second kappa shape index (κ2) is 9.78. The molecule has 0 saturated carbocycles. The lowest BCUT2D eigenvalue weighted by molar-refractivity contribution is 0.207. The van der Waals surface area contributed by atoms with Crippen LogP contribution in [-0.4, -0.2) is 42.6 Å². The summed E-state index contributed by atoms with van der Waals surface area (Å²) in [4.78, 5) is 14.0. The molecular formula is C20H24N2O2S2. The average Bonchev–Trinajstić information content (AvgIpc) is 2.69. The fourth-order valence-electron chi connectivity index (χ4n) is 2.58. The molecule has 4 nitrogen and oxygen atoms in total. The highest BCUT2D eigenvalue weighted by molar-refractivity contribution is 8.16. The van der Waals surface area contributed by atoms with Gasteiger partial charge in [0.2, 0.25) is 0 Å². The maximum Gasteiger partial charge on any atom is 0.321 e. The van der Waals surface area contributed by atoms with E-state index in [2.05, 4.69) is 17.4 Å². The van der Waals surface area contributed by atoms with Gasteiger partial charge in [0.05, 0.1) is 11.1 Å². The van der Waals surface area contributed by atoms with E-state index in [0.29, 0.717) is 17.7 Å². The van der Waals surface area contributed by atoms with E-state index < -0.39 is 0 Å². The molecule has 1 fully saturated rings. The van der Waals surface area contributed by atoms with E-state index in [-0.39, 0.29) is 6.03 Å². The van der Waals surface area contributed by atoms with Gasteiger partial charge >= 0.3 is 6.03 Å². The molecule has 0 aliphatic carbocycles. The van der Waals surface area contributed by atoms with Gasteiger partial charge in [-0.1, -0.05) is 30.3 Å². The van der Waals surface area contributed by atoms with Crippen molar-refractivity contribution in [2.24, 2.45) is 0 Å². The fourth-order valence-corrected chi connectivity index (χ4v) is 5.45. The number of carbonyl (C=O) groups is 1. The second-order valence-corrected chi connectivity index (χ2v) is 8.79. The van der Waals surface area contributed by atoms with Crippen LogP contribution in [0.3, 0.4) is 0 Å². The molecule has 0 spiro atoms. The first-order chi connectivity index (χ1) is 12.7. The number of nitrogens with one attached hydrogen (secondary N) is 1. The number of hydrogen-bond acceptors (Lipinski definition) is 4. The van der Waals surface area contributed by atoms with Gasteiger partial charge in [0.25, 0.3) is 0 Å². The Morgan fingerprint density at radius 3 is 2.69 bits per heavy atom. The van der Waals surface area contributed by atoms with Crippen LogP contribution in [0.2, 0.25) is 0 Å². The predicted octanol–water partition coefficient (Wildman–Crippen LogP) is 5.10. The summed E-state index contributed by atoms with van der Waals surface area (Å²) in [5, 5.41) is 2.98. The topological polar surface area (TPSA) is 41.6 Å². The first-order valence-electron chi connectivity index (χ1n) is 8.75. The van der Waals surface area contributed by atoms with Gasteiger partial charge in [-0.2, -0.15) is 0 Å². The molecule has 0 bridgehead atoms. The van der Waals surface area contributed by atoms with E-state index in [0.717, 1.165) is 11.4 Å². The van der Waals surface area contributed by atoms with Crippen LogP contribution in [0.1, 0.15) is 16.6 Å². The van der Waals surface area contributed by atoms with E-state index >= 15 is 0 Å². The number of amides is 2. The molecule has 138 valence electrons. The maximum atomic E-state index is 12.4. The molecule has 2 amide bonds. The van der Waals surface area contributed by atoms with Gasteiger partial charge in [0, 0.05) is 12.7 Å². The van der Waals surface area contributed by atoms with Crippen LogP contribution in [0.25, 0.3) is 0 Å². The number of urea groups is 1. The number of rotatable bonds is 6. The van der Waals surface area contributed by atoms with Gasteiger partial charge in [0.15, 0.2) is 0 Å². The number of ether oxygens (including phenoxy) is 1. The third-order valence-electron chi connectivity index (χ3n) is 4.02. The van der Waals surface area contributed by atoms with Crippen LogP contribution in [0.5, 0.6) is 5.75 Å². The molecule has 26 heavy (non-hydrogen) atoms. The van der Waals surface area contributed by atoms with E-state index in [4.69, 9.17) is 4.74 Å². The molecule has 1 aliphatic heterocycles. The minimum atomic E-state index is -0.122. The standard InChI is InChI=1S/C20H24N2O2S2/c1-22(11-12-24-18-9-3-2-4-10-18)20(23)21-17-8-5-7-16(15-17)19-25-13-6-14-26-19/h2-5,7-10,15,19H,6,11-14H2,1H3,(H,21,23). The molecule has 1 N–H and O–H groups in total.